The summed E-state index contributed by atoms with van der Waals surface area (Å²) in [6, 6.07) is 0.300. The zero-order chi connectivity index (χ0) is 14.9. The van der Waals surface area contributed by atoms with Crippen LogP contribution in [0.3, 0.4) is 0 Å². The van der Waals surface area contributed by atoms with E-state index in [2.05, 4.69) is 36.5 Å². The van der Waals surface area contributed by atoms with Crippen LogP contribution >= 0.6 is 0 Å². The molecule has 1 aromatic rings. The molecule has 5 nitrogen and oxygen atoms in total. The molecule has 1 aromatic heterocycles. The second-order valence-corrected chi connectivity index (χ2v) is 6.35. The molecule has 0 saturated carbocycles. The zero-order valence-corrected chi connectivity index (χ0v) is 13.2. The molecular weight excluding hydrogens is 252 g/mol. The molecule has 1 aliphatic rings. The molecule has 2 N–H and O–H groups in total. The van der Waals surface area contributed by atoms with Crippen molar-refractivity contribution < 1.29 is 4.79 Å². The molecule has 0 atom stereocenters. The van der Waals surface area contributed by atoms with Gasteiger partial charge in [-0.1, -0.05) is 6.92 Å². The van der Waals surface area contributed by atoms with E-state index < -0.39 is 0 Å². The summed E-state index contributed by atoms with van der Waals surface area (Å²) in [4.78, 5) is 12.6. The molecule has 0 spiro atoms. The molecule has 1 saturated heterocycles. The Hall–Kier alpha value is -1.36. The van der Waals surface area contributed by atoms with E-state index >= 15 is 0 Å². The second kappa shape index (κ2) is 5.56. The van der Waals surface area contributed by atoms with E-state index in [4.69, 9.17) is 0 Å². The first-order valence-corrected chi connectivity index (χ1v) is 7.43. The van der Waals surface area contributed by atoms with Crippen molar-refractivity contribution >= 4 is 11.6 Å². The molecule has 1 fully saturated rings. The van der Waals surface area contributed by atoms with Crippen molar-refractivity contribution in [2.24, 2.45) is 5.41 Å². The lowest BCUT2D eigenvalue weighted by Crippen LogP contribution is -2.43. The van der Waals surface area contributed by atoms with Crippen LogP contribution in [0.5, 0.6) is 0 Å². The van der Waals surface area contributed by atoms with E-state index in [1.807, 2.05) is 18.5 Å². The summed E-state index contributed by atoms with van der Waals surface area (Å²) >= 11 is 0. The van der Waals surface area contributed by atoms with Crippen molar-refractivity contribution in [1.29, 1.82) is 0 Å². The summed E-state index contributed by atoms with van der Waals surface area (Å²) in [7, 11) is 0. The monoisotopic (exact) mass is 278 g/mol. The maximum atomic E-state index is 12.6. The molecule has 1 amide bonds. The lowest BCUT2D eigenvalue weighted by molar-refractivity contribution is -0.126. The minimum atomic E-state index is -0.274. The first-order chi connectivity index (χ1) is 9.35. The van der Waals surface area contributed by atoms with Crippen LogP contribution in [0.25, 0.3) is 0 Å². The topological polar surface area (TPSA) is 59.0 Å². The number of nitrogens with one attached hydrogen (secondary N) is 2. The van der Waals surface area contributed by atoms with Gasteiger partial charge in [-0.05, 0) is 53.6 Å². The molecule has 20 heavy (non-hydrogen) atoms. The van der Waals surface area contributed by atoms with Gasteiger partial charge in [0.05, 0.1) is 17.1 Å². The summed E-state index contributed by atoms with van der Waals surface area (Å²) in [5, 5.41) is 10.9. The van der Waals surface area contributed by atoms with Gasteiger partial charge in [-0.15, -0.1) is 0 Å². The van der Waals surface area contributed by atoms with Gasteiger partial charge in [0.2, 0.25) is 5.91 Å². The second-order valence-electron chi connectivity index (χ2n) is 6.35. The molecule has 2 rings (SSSR count). The number of anilines is 1. The van der Waals surface area contributed by atoms with Crippen LogP contribution in [0.1, 0.15) is 51.0 Å². The Morgan fingerprint density at radius 2 is 1.95 bits per heavy atom. The number of amides is 1. The smallest absolute Gasteiger partial charge is 0.230 e. The van der Waals surface area contributed by atoms with Gasteiger partial charge >= 0.3 is 0 Å². The predicted molar refractivity (Wildman–Crippen MR) is 80.9 cm³/mol. The fourth-order valence-corrected chi connectivity index (χ4v) is 2.82. The zero-order valence-electron chi connectivity index (χ0n) is 13.2. The maximum Gasteiger partial charge on any atom is 0.230 e. The standard InChI is InChI=1S/C15H26N4O/c1-10(2)19-12(4)13(11(3)18-19)17-14(20)15(5)6-8-16-9-7-15/h10,16H,6-9H2,1-5H3,(H,17,20). The Kier molecular flexibility index (Phi) is 4.18. The van der Waals surface area contributed by atoms with Crippen molar-refractivity contribution in [3.63, 3.8) is 0 Å². The fourth-order valence-electron chi connectivity index (χ4n) is 2.82. The summed E-state index contributed by atoms with van der Waals surface area (Å²) in [6.07, 6.45) is 1.77. The molecule has 0 aromatic carbocycles. The summed E-state index contributed by atoms with van der Waals surface area (Å²) < 4.78 is 1.97. The van der Waals surface area contributed by atoms with Gasteiger partial charge in [0.15, 0.2) is 0 Å². The van der Waals surface area contributed by atoms with Crippen molar-refractivity contribution in [3.05, 3.63) is 11.4 Å². The van der Waals surface area contributed by atoms with Crippen molar-refractivity contribution in [1.82, 2.24) is 15.1 Å². The van der Waals surface area contributed by atoms with Gasteiger partial charge in [-0.2, -0.15) is 5.10 Å². The molecular formula is C15H26N4O. The molecule has 0 radical (unpaired) electrons. The lowest BCUT2D eigenvalue weighted by Gasteiger charge is -2.32. The highest BCUT2D eigenvalue weighted by Crippen LogP contribution is 2.31. The predicted octanol–water partition coefficient (Wildman–Crippen LogP) is 2.41. The molecule has 1 aliphatic heterocycles. The number of hydrogen-bond donors (Lipinski definition) is 2. The van der Waals surface area contributed by atoms with E-state index in [-0.39, 0.29) is 11.3 Å². The van der Waals surface area contributed by atoms with Crippen LogP contribution in [-0.4, -0.2) is 28.8 Å². The minimum absolute atomic E-state index is 0.119. The number of carbonyl (C=O) groups is 1. The third kappa shape index (κ3) is 2.73. The number of piperidine rings is 1. The Morgan fingerprint density at radius 1 is 1.35 bits per heavy atom. The molecule has 5 heteroatoms. The first-order valence-electron chi connectivity index (χ1n) is 7.43. The van der Waals surface area contributed by atoms with Crippen molar-refractivity contribution in [2.75, 3.05) is 18.4 Å². The normalized spacial score (nSPS) is 18.3. The summed E-state index contributed by atoms with van der Waals surface area (Å²) in [5.74, 6) is 0.119. The average molecular weight is 278 g/mol. The van der Waals surface area contributed by atoms with Crippen LogP contribution in [-0.2, 0) is 4.79 Å². The van der Waals surface area contributed by atoms with Gasteiger partial charge in [-0.3, -0.25) is 9.48 Å². The molecule has 112 valence electrons. The van der Waals surface area contributed by atoms with E-state index in [9.17, 15) is 4.79 Å². The van der Waals surface area contributed by atoms with Crippen LogP contribution in [0, 0.1) is 19.3 Å². The maximum absolute atomic E-state index is 12.6. The molecule has 0 bridgehead atoms. The van der Waals surface area contributed by atoms with E-state index in [1.54, 1.807) is 0 Å². The number of nitrogens with zero attached hydrogens (tertiary/aromatic N) is 2. The van der Waals surface area contributed by atoms with Crippen LogP contribution in [0.2, 0.25) is 0 Å². The van der Waals surface area contributed by atoms with Gasteiger partial charge in [0, 0.05) is 11.5 Å². The highest BCUT2D eigenvalue weighted by atomic mass is 16.2. The lowest BCUT2D eigenvalue weighted by atomic mass is 9.80. The van der Waals surface area contributed by atoms with Crippen molar-refractivity contribution in [3.8, 4) is 0 Å². The van der Waals surface area contributed by atoms with Crippen LogP contribution in [0.15, 0.2) is 0 Å². The fraction of sp³-hybridized carbons (Fsp3) is 0.733. The highest BCUT2D eigenvalue weighted by Gasteiger charge is 2.35. The van der Waals surface area contributed by atoms with Crippen LogP contribution < -0.4 is 10.6 Å². The largest absolute Gasteiger partial charge is 0.322 e. The summed E-state index contributed by atoms with van der Waals surface area (Å²) in [6.45, 7) is 12.0. The summed E-state index contributed by atoms with van der Waals surface area (Å²) in [5.41, 5.74) is 2.53. The first kappa shape index (κ1) is 15.0. The molecule has 0 unspecified atom stereocenters. The Morgan fingerprint density at radius 3 is 2.45 bits per heavy atom. The van der Waals surface area contributed by atoms with Gasteiger partial charge < -0.3 is 10.6 Å². The number of aryl methyl sites for hydroxylation is 1. The van der Waals surface area contributed by atoms with Crippen molar-refractivity contribution in [2.45, 2.75) is 53.5 Å². The molecule has 0 aliphatic carbocycles. The third-order valence-corrected chi connectivity index (χ3v) is 4.31. The Bertz CT molecular complexity index is 498. The number of aromatic nitrogens is 2. The number of hydrogen-bond acceptors (Lipinski definition) is 3. The van der Waals surface area contributed by atoms with Gasteiger partial charge in [0.1, 0.15) is 0 Å². The Labute approximate surface area is 121 Å². The number of rotatable bonds is 3. The van der Waals surface area contributed by atoms with Crippen LogP contribution in [0.4, 0.5) is 5.69 Å². The van der Waals surface area contributed by atoms with E-state index in [0.29, 0.717) is 6.04 Å². The highest BCUT2D eigenvalue weighted by molar-refractivity contribution is 5.96. The third-order valence-electron chi connectivity index (χ3n) is 4.31. The quantitative estimate of drug-likeness (QED) is 0.892. The van der Waals surface area contributed by atoms with Gasteiger partial charge in [-0.25, -0.2) is 0 Å². The SMILES string of the molecule is Cc1nn(C(C)C)c(C)c1NC(=O)C1(C)CCNCC1. The Balaban J connectivity index is 2.19. The molecule has 2 heterocycles. The average Bonchev–Trinajstić information content (AvgIpc) is 2.67. The number of carbonyl (C=O) groups excluding carboxylic acids is 1. The van der Waals surface area contributed by atoms with Gasteiger partial charge in [0.25, 0.3) is 0 Å². The van der Waals surface area contributed by atoms with E-state index in [0.717, 1.165) is 43.0 Å². The minimum Gasteiger partial charge on any atom is -0.322 e. The van der Waals surface area contributed by atoms with E-state index in [1.165, 1.54) is 0 Å².